The van der Waals surface area contributed by atoms with Gasteiger partial charge in [-0.15, -0.1) is 0 Å². The molecule has 0 bridgehead atoms. The van der Waals surface area contributed by atoms with Gasteiger partial charge in [0.05, 0.1) is 23.9 Å². The van der Waals surface area contributed by atoms with Crippen molar-refractivity contribution in [1.29, 1.82) is 0 Å². The van der Waals surface area contributed by atoms with Gasteiger partial charge < -0.3 is 33.3 Å². The fourth-order valence-electron chi connectivity index (χ4n) is 6.76. The smallest absolute Gasteiger partial charge is 0.245 e. The first-order valence-electron chi connectivity index (χ1n) is 15.5. The summed E-state index contributed by atoms with van der Waals surface area (Å²) >= 11 is 0. The molecule has 4 N–H and O–H groups in total. The average molecular weight is 605 g/mol. The molecule has 2 saturated heterocycles. The van der Waals surface area contributed by atoms with Gasteiger partial charge in [-0.25, -0.2) is 0 Å². The highest BCUT2D eigenvalue weighted by Crippen LogP contribution is 2.35. The van der Waals surface area contributed by atoms with Gasteiger partial charge in [0.2, 0.25) is 17.7 Å². The van der Waals surface area contributed by atoms with Crippen LogP contribution in [-0.4, -0.2) is 61.4 Å². The Balaban J connectivity index is 0.00000423. The highest BCUT2D eigenvalue weighted by Gasteiger charge is 2.45. The number of nitrogens with zero attached hydrogens (tertiary/aromatic N) is 1. The van der Waals surface area contributed by atoms with Crippen LogP contribution in [0.25, 0.3) is 10.8 Å². The first-order valence-corrected chi connectivity index (χ1v) is 15.5. The summed E-state index contributed by atoms with van der Waals surface area (Å²) in [6.07, 6.45) is 4.00. The number of nitrogens with two attached hydrogens (primary N) is 1. The Kier molecular flexibility index (Phi) is 10.9. The van der Waals surface area contributed by atoms with Crippen molar-refractivity contribution in [3.63, 3.8) is 0 Å². The standard InChI is InChI=1S/C35H44N4O3.ClH/c1-3-37-33(42)35(24-26-10-5-4-6-11-26)16-9-21-39(25-35)31(40)30(38-32(41)34(2)17-19-36-20-18-34)23-27-14-15-28-12-7-8-13-29(28)22-27;/h4-8,10-15,22,30,36H,3,9,16-21,23-25H2,1-2H3,(H,37,42)(H,38,41);1H/t30-,35+;/m1./s1. The number of hydrogen-bond donors (Lipinski definition) is 3. The van der Waals surface area contributed by atoms with Crippen LogP contribution in [0.2, 0.25) is 0 Å². The van der Waals surface area contributed by atoms with Crippen molar-refractivity contribution in [2.75, 3.05) is 32.7 Å². The molecule has 0 aliphatic carbocycles. The molecule has 230 valence electrons. The molecule has 2 aliphatic rings. The van der Waals surface area contributed by atoms with Gasteiger partial charge >= 0.3 is 0 Å². The summed E-state index contributed by atoms with van der Waals surface area (Å²) in [5.41, 5.74) is 0.886. The summed E-state index contributed by atoms with van der Waals surface area (Å²) in [7, 11) is 0. The second kappa shape index (κ2) is 14.4. The van der Waals surface area contributed by atoms with E-state index in [4.69, 9.17) is 0 Å². The number of carbonyl (C=O) groups is 3. The second-order valence-corrected chi connectivity index (χ2v) is 12.5. The molecule has 3 aromatic carbocycles. The van der Waals surface area contributed by atoms with Crippen molar-refractivity contribution in [3.8, 4) is 0 Å². The van der Waals surface area contributed by atoms with Crippen molar-refractivity contribution < 1.29 is 32.1 Å². The summed E-state index contributed by atoms with van der Waals surface area (Å²) in [4.78, 5) is 43.5. The SMILES string of the molecule is CCNC(=O)[C@]1(Cc2ccccc2)CCCN(C(=O)[C@@H](Cc2ccc3ccccc3c2)NC(=O)C2(C)CC[NH2+]CC2)C1.[Cl-]. The Morgan fingerprint density at radius 2 is 1.58 bits per heavy atom. The molecular weight excluding hydrogens is 560 g/mol. The lowest BCUT2D eigenvalue weighted by atomic mass is 9.74. The van der Waals surface area contributed by atoms with Crippen molar-refractivity contribution >= 4 is 28.5 Å². The minimum absolute atomic E-state index is 0. The van der Waals surface area contributed by atoms with E-state index in [1.165, 1.54) is 0 Å². The van der Waals surface area contributed by atoms with E-state index < -0.39 is 16.9 Å². The first-order chi connectivity index (χ1) is 20.3. The number of carbonyl (C=O) groups excluding carboxylic acids is 3. The maximum atomic E-state index is 14.4. The zero-order chi connectivity index (χ0) is 29.6. The van der Waals surface area contributed by atoms with E-state index in [-0.39, 0.29) is 30.1 Å². The molecule has 7 nitrogen and oxygen atoms in total. The molecule has 2 atom stereocenters. The summed E-state index contributed by atoms with van der Waals surface area (Å²) in [5, 5.41) is 10.8. The fourth-order valence-corrected chi connectivity index (χ4v) is 6.76. The van der Waals surface area contributed by atoms with Gasteiger partial charge in [-0.1, -0.05) is 79.7 Å². The van der Waals surface area contributed by atoms with Gasteiger partial charge in [0.1, 0.15) is 6.04 Å². The average Bonchev–Trinajstić information content (AvgIpc) is 3.01. The van der Waals surface area contributed by atoms with Crippen molar-refractivity contribution in [2.45, 2.75) is 58.4 Å². The summed E-state index contributed by atoms with van der Waals surface area (Å²) < 4.78 is 0. The normalized spacial score (nSPS) is 20.5. The van der Waals surface area contributed by atoms with Crippen LogP contribution >= 0.6 is 0 Å². The minimum atomic E-state index is -0.714. The molecule has 3 amide bonds. The van der Waals surface area contributed by atoms with E-state index in [0.717, 1.165) is 54.3 Å². The van der Waals surface area contributed by atoms with Crippen LogP contribution in [-0.2, 0) is 27.2 Å². The molecule has 0 saturated carbocycles. The summed E-state index contributed by atoms with van der Waals surface area (Å²) in [6, 6.07) is 23.8. The van der Waals surface area contributed by atoms with Crippen molar-refractivity contribution in [1.82, 2.24) is 15.5 Å². The maximum Gasteiger partial charge on any atom is 0.245 e. The lowest BCUT2D eigenvalue weighted by molar-refractivity contribution is -0.666. The third-order valence-corrected chi connectivity index (χ3v) is 9.30. The number of amides is 3. The molecule has 5 rings (SSSR count). The second-order valence-electron chi connectivity index (χ2n) is 12.5. The molecule has 0 aromatic heterocycles. The number of nitrogens with one attached hydrogen (secondary N) is 2. The lowest BCUT2D eigenvalue weighted by Gasteiger charge is -2.43. The van der Waals surface area contributed by atoms with E-state index in [2.05, 4.69) is 46.3 Å². The van der Waals surface area contributed by atoms with Gasteiger partial charge in [0, 0.05) is 38.9 Å². The van der Waals surface area contributed by atoms with Crippen LogP contribution in [0.5, 0.6) is 0 Å². The highest BCUT2D eigenvalue weighted by molar-refractivity contribution is 5.91. The molecule has 0 radical (unpaired) electrons. The minimum Gasteiger partial charge on any atom is -1.00 e. The van der Waals surface area contributed by atoms with Crippen LogP contribution in [0.3, 0.4) is 0 Å². The molecular formula is C35H45ClN4O3. The van der Waals surface area contributed by atoms with Crippen LogP contribution in [0.4, 0.5) is 0 Å². The van der Waals surface area contributed by atoms with Crippen LogP contribution in [0.1, 0.15) is 50.7 Å². The van der Waals surface area contributed by atoms with Crippen LogP contribution in [0, 0.1) is 10.8 Å². The van der Waals surface area contributed by atoms with Gasteiger partial charge in [0.15, 0.2) is 0 Å². The van der Waals surface area contributed by atoms with E-state index in [1.54, 1.807) is 0 Å². The quantitative estimate of drug-likeness (QED) is 0.326. The molecule has 2 fully saturated rings. The number of benzene rings is 3. The predicted molar refractivity (Wildman–Crippen MR) is 166 cm³/mol. The summed E-state index contributed by atoms with van der Waals surface area (Å²) in [5.74, 6) is -0.164. The van der Waals surface area contributed by atoms with E-state index in [1.807, 2.05) is 61.2 Å². The number of quaternary nitrogens is 1. The Morgan fingerprint density at radius 1 is 0.884 bits per heavy atom. The number of piperidine rings is 2. The molecule has 2 aliphatic heterocycles. The maximum absolute atomic E-state index is 14.4. The van der Waals surface area contributed by atoms with Crippen molar-refractivity contribution in [3.05, 3.63) is 83.9 Å². The molecule has 3 aromatic rings. The molecule has 0 spiro atoms. The molecule has 8 heteroatoms. The monoisotopic (exact) mass is 604 g/mol. The first kappa shape index (κ1) is 32.5. The zero-order valence-electron chi connectivity index (χ0n) is 25.4. The van der Waals surface area contributed by atoms with E-state index in [9.17, 15) is 14.4 Å². The van der Waals surface area contributed by atoms with E-state index >= 15 is 0 Å². The third-order valence-electron chi connectivity index (χ3n) is 9.30. The Labute approximate surface area is 261 Å². The number of hydrogen-bond acceptors (Lipinski definition) is 3. The highest BCUT2D eigenvalue weighted by atomic mass is 35.5. The summed E-state index contributed by atoms with van der Waals surface area (Å²) in [6.45, 7) is 7.22. The molecule has 0 unspecified atom stereocenters. The van der Waals surface area contributed by atoms with Gasteiger partial charge in [-0.05, 0) is 48.1 Å². The van der Waals surface area contributed by atoms with E-state index in [0.29, 0.717) is 38.9 Å². The zero-order valence-corrected chi connectivity index (χ0v) is 26.2. The largest absolute Gasteiger partial charge is 1.00 e. The Hall–Kier alpha value is -3.42. The van der Waals surface area contributed by atoms with Crippen molar-refractivity contribution in [2.24, 2.45) is 10.8 Å². The van der Waals surface area contributed by atoms with Crippen LogP contribution < -0.4 is 28.4 Å². The molecule has 2 heterocycles. The number of halogens is 1. The van der Waals surface area contributed by atoms with Gasteiger partial charge in [-0.3, -0.25) is 14.4 Å². The van der Waals surface area contributed by atoms with Gasteiger partial charge in [0.25, 0.3) is 0 Å². The Morgan fingerprint density at radius 3 is 2.30 bits per heavy atom. The third kappa shape index (κ3) is 7.57. The van der Waals surface area contributed by atoms with Crippen LogP contribution in [0.15, 0.2) is 72.8 Å². The predicted octanol–water partition coefficient (Wildman–Crippen LogP) is 0.222. The van der Waals surface area contributed by atoms with Gasteiger partial charge in [-0.2, -0.15) is 0 Å². The number of fused-ring (bicyclic) bond motifs is 1. The topological polar surface area (TPSA) is 95.1 Å². The molecule has 43 heavy (non-hydrogen) atoms. The fraction of sp³-hybridized carbons (Fsp3) is 0.457. The Bertz CT molecular complexity index is 1410. The number of rotatable bonds is 9. The lowest BCUT2D eigenvalue weighted by Crippen LogP contribution is -3.00. The number of likely N-dealkylation sites (tertiary alicyclic amines) is 1.